The van der Waals surface area contributed by atoms with Gasteiger partial charge in [0, 0.05) is 37.7 Å². The molecule has 4 heteroatoms. The number of likely N-dealkylation sites (tertiary alicyclic amines) is 2. The van der Waals surface area contributed by atoms with E-state index in [4.69, 9.17) is 0 Å². The molecule has 4 nitrogen and oxygen atoms in total. The van der Waals surface area contributed by atoms with Gasteiger partial charge < -0.3 is 9.80 Å². The van der Waals surface area contributed by atoms with Crippen LogP contribution < -0.4 is 0 Å². The van der Waals surface area contributed by atoms with E-state index in [1.807, 2.05) is 35.8 Å². The lowest BCUT2D eigenvalue weighted by molar-refractivity contribution is -0.135. The van der Waals surface area contributed by atoms with E-state index in [9.17, 15) is 9.59 Å². The predicted octanol–water partition coefficient (Wildman–Crippen LogP) is 2.78. The van der Waals surface area contributed by atoms with Crippen LogP contribution >= 0.6 is 0 Å². The molecule has 1 aromatic carbocycles. The number of piperidine rings is 1. The molecule has 2 aliphatic heterocycles. The van der Waals surface area contributed by atoms with Crippen molar-refractivity contribution in [1.29, 1.82) is 0 Å². The van der Waals surface area contributed by atoms with E-state index in [2.05, 4.69) is 6.07 Å². The van der Waals surface area contributed by atoms with Gasteiger partial charge in [-0.1, -0.05) is 17.7 Å². The average molecular weight is 314 g/mol. The first-order valence-electron chi connectivity index (χ1n) is 8.71. The molecule has 2 amide bonds. The van der Waals surface area contributed by atoms with Crippen molar-refractivity contribution in [1.82, 2.24) is 9.80 Å². The number of aryl methyl sites for hydroxylation is 2. The van der Waals surface area contributed by atoms with E-state index in [-0.39, 0.29) is 11.8 Å². The van der Waals surface area contributed by atoms with Gasteiger partial charge in [-0.3, -0.25) is 9.59 Å². The van der Waals surface area contributed by atoms with E-state index < -0.39 is 0 Å². The maximum atomic E-state index is 12.7. The van der Waals surface area contributed by atoms with E-state index in [0.717, 1.165) is 49.9 Å². The van der Waals surface area contributed by atoms with Crippen LogP contribution in [0.2, 0.25) is 0 Å². The molecular weight excluding hydrogens is 288 g/mol. The smallest absolute Gasteiger partial charge is 0.254 e. The van der Waals surface area contributed by atoms with Gasteiger partial charge in [-0.25, -0.2) is 0 Å². The number of nitrogens with zero attached hydrogens (tertiary/aromatic N) is 2. The highest BCUT2D eigenvalue weighted by Gasteiger charge is 2.31. The molecule has 2 heterocycles. The van der Waals surface area contributed by atoms with Gasteiger partial charge in [0.15, 0.2) is 0 Å². The van der Waals surface area contributed by atoms with Crippen molar-refractivity contribution in [3.8, 4) is 0 Å². The summed E-state index contributed by atoms with van der Waals surface area (Å²) in [4.78, 5) is 29.1. The monoisotopic (exact) mass is 314 g/mol. The second-order valence-corrected chi connectivity index (χ2v) is 6.92. The minimum Gasteiger partial charge on any atom is -0.342 e. The van der Waals surface area contributed by atoms with Crippen LogP contribution in [0.15, 0.2) is 18.2 Å². The zero-order valence-electron chi connectivity index (χ0n) is 14.2. The lowest BCUT2D eigenvalue weighted by atomic mass is 9.94. The van der Waals surface area contributed by atoms with Gasteiger partial charge in [-0.15, -0.1) is 0 Å². The Morgan fingerprint density at radius 1 is 0.957 bits per heavy atom. The molecule has 2 aliphatic rings. The van der Waals surface area contributed by atoms with Gasteiger partial charge in [0.1, 0.15) is 0 Å². The summed E-state index contributed by atoms with van der Waals surface area (Å²) < 4.78 is 0. The summed E-state index contributed by atoms with van der Waals surface area (Å²) in [5, 5.41) is 0. The Balaban J connectivity index is 1.60. The lowest BCUT2D eigenvalue weighted by Gasteiger charge is -2.33. The highest BCUT2D eigenvalue weighted by atomic mass is 16.2. The van der Waals surface area contributed by atoms with Crippen LogP contribution in [0.4, 0.5) is 0 Å². The Morgan fingerprint density at radius 2 is 1.61 bits per heavy atom. The molecule has 0 atom stereocenters. The second-order valence-electron chi connectivity index (χ2n) is 6.92. The summed E-state index contributed by atoms with van der Waals surface area (Å²) in [6, 6.07) is 5.97. The predicted molar refractivity (Wildman–Crippen MR) is 90.4 cm³/mol. The van der Waals surface area contributed by atoms with Gasteiger partial charge in [-0.05, 0) is 51.2 Å². The average Bonchev–Trinajstić information content (AvgIpc) is 3.08. The highest BCUT2D eigenvalue weighted by Crippen LogP contribution is 2.24. The number of hydrogen-bond donors (Lipinski definition) is 0. The lowest BCUT2D eigenvalue weighted by Crippen LogP contribution is -2.43. The van der Waals surface area contributed by atoms with Crippen molar-refractivity contribution in [3.05, 3.63) is 34.9 Å². The molecule has 0 aromatic heterocycles. The SMILES string of the molecule is Cc1ccc(C(=O)N2CCC(C(=O)N3CCCC3)CC2)c(C)c1. The third-order valence-corrected chi connectivity index (χ3v) is 5.16. The molecule has 2 fully saturated rings. The standard InChI is InChI=1S/C19H26N2O2/c1-14-5-6-17(15(2)13-14)19(23)21-11-7-16(8-12-21)18(22)20-9-3-4-10-20/h5-6,13,16H,3-4,7-12H2,1-2H3. The van der Waals surface area contributed by atoms with Gasteiger partial charge >= 0.3 is 0 Å². The Morgan fingerprint density at radius 3 is 2.22 bits per heavy atom. The molecule has 0 unspecified atom stereocenters. The van der Waals surface area contributed by atoms with Crippen LogP contribution in [0, 0.1) is 19.8 Å². The van der Waals surface area contributed by atoms with Gasteiger partial charge in [0.05, 0.1) is 0 Å². The molecule has 124 valence electrons. The Kier molecular flexibility index (Phi) is 4.69. The van der Waals surface area contributed by atoms with Gasteiger partial charge in [0.2, 0.25) is 5.91 Å². The minimum atomic E-state index is 0.106. The van der Waals surface area contributed by atoms with Crippen molar-refractivity contribution in [3.63, 3.8) is 0 Å². The van der Waals surface area contributed by atoms with Crippen molar-refractivity contribution >= 4 is 11.8 Å². The minimum absolute atomic E-state index is 0.106. The number of rotatable bonds is 2. The molecule has 2 saturated heterocycles. The zero-order valence-corrected chi connectivity index (χ0v) is 14.2. The number of amides is 2. The maximum Gasteiger partial charge on any atom is 0.254 e. The number of hydrogen-bond acceptors (Lipinski definition) is 2. The van der Waals surface area contributed by atoms with Crippen molar-refractivity contribution in [2.75, 3.05) is 26.2 Å². The molecule has 0 spiro atoms. The summed E-state index contributed by atoms with van der Waals surface area (Å²) >= 11 is 0. The summed E-state index contributed by atoms with van der Waals surface area (Å²) in [5.74, 6) is 0.520. The molecule has 3 rings (SSSR count). The molecule has 1 aromatic rings. The summed E-state index contributed by atoms with van der Waals surface area (Å²) in [7, 11) is 0. The number of carbonyl (C=O) groups is 2. The van der Waals surface area contributed by atoms with E-state index in [0.29, 0.717) is 19.0 Å². The molecule has 0 aliphatic carbocycles. The van der Waals surface area contributed by atoms with Crippen LogP contribution in [-0.2, 0) is 4.79 Å². The van der Waals surface area contributed by atoms with Crippen LogP contribution in [0.5, 0.6) is 0 Å². The van der Waals surface area contributed by atoms with E-state index in [1.54, 1.807) is 0 Å². The normalized spacial score (nSPS) is 19.2. The molecule has 0 N–H and O–H groups in total. The first-order chi connectivity index (χ1) is 11.1. The first kappa shape index (κ1) is 16.0. The highest BCUT2D eigenvalue weighted by molar-refractivity contribution is 5.96. The number of carbonyl (C=O) groups excluding carboxylic acids is 2. The zero-order chi connectivity index (χ0) is 16.4. The van der Waals surface area contributed by atoms with Gasteiger partial charge in [-0.2, -0.15) is 0 Å². The summed E-state index contributed by atoms with van der Waals surface area (Å²) in [6.07, 6.45) is 3.86. The van der Waals surface area contributed by atoms with E-state index in [1.165, 1.54) is 5.56 Å². The fraction of sp³-hybridized carbons (Fsp3) is 0.579. The first-order valence-corrected chi connectivity index (χ1v) is 8.71. The molecule has 0 bridgehead atoms. The Hall–Kier alpha value is -1.84. The molecule has 0 saturated carbocycles. The third kappa shape index (κ3) is 3.41. The largest absolute Gasteiger partial charge is 0.342 e. The van der Waals surface area contributed by atoms with Gasteiger partial charge in [0.25, 0.3) is 5.91 Å². The summed E-state index contributed by atoms with van der Waals surface area (Å²) in [6.45, 7) is 7.24. The quantitative estimate of drug-likeness (QED) is 0.842. The molecule has 0 radical (unpaired) electrons. The fourth-order valence-corrected chi connectivity index (χ4v) is 3.75. The molecule has 23 heavy (non-hydrogen) atoms. The van der Waals surface area contributed by atoms with Crippen molar-refractivity contribution in [2.45, 2.75) is 39.5 Å². The van der Waals surface area contributed by atoms with Crippen LogP contribution in [0.1, 0.15) is 47.2 Å². The van der Waals surface area contributed by atoms with Crippen LogP contribution in [0.3, 0.4) is 0 Å². The second kappa shape index (κ2) is 6.73. The third-order valence-electron chi connectivity index (χ3n) is 5.16. The van der Waals surface area contributed by atoms with Crippen LogP contribution in [-0.4, -0.2) is 47.8 Å². The van der Waals surface area contributed by atoms with Crippen molar-refractivity contribution < 1.29 is 9.59 Å². The number of benzene rings is 1. The summed E-state index contributed by atoms with van der Waals surface area (Å²) in [5.41, 5.74) is 3.00. The fourth-order valence-electron chi connectivity index (χ4n) is 3.75. The van der Waals surface area contributed by atoms with E-state index >= 15 is 0 Å². The van der Waals surface area contributed by atoms with Crippen LogP contribution in [0.25, 0.3) is 0 Å². The van der Waals surface area contributed by atoms with Crippen molar-refractivity contribution in [2.24, 2.45) is 5.92 Å². The topological polar surface area (TPSA) is 40.6 Å². The Bertz CT molecular complexity index is 597. The Labute approximate surface area is 138 Å². The molecular formula is C19H26N2O2. The maximum absolute atomic E-state index is 12.7.